The van der Waals surface area contributed by atoms with Crippen molar-refractivity contribution in [1.82, 2.24) is 15.2 Å². The molecule has 0 aliphatic heterocycles. The van der Waals surface area contributed by atoms with Gasteiger partial charge >= 0.3 is 8.25 Å². The van der Waals surface area contributed by atoms with Crippen LogP contribution in [0.4, 0.5) is 0 Å². The van der Waals surface area contributed by atoms with Crippen molar-refractivity contribution >= 4 is 19.9 Å². The van der Waals surface area contributed by atoms with Crippen LogP contribution in [0.1, 0.15) is 18.1 Å². The zero-order chi connectivity index (χ0) is 11.1. The van der Waals surface area contributed by atoms with E-state index in [2.05, 4.69) is 15.2 Å². The van der Waals surface area contributed by atoms with E-state index >= 15 is 0 Å². The first-order valence-electron chi connectivity index (χ1n) is 3.47. The van der Waals surface area contributed by atoms with Crippen LogP contribution in [-0.4, -0.2) is 36.2 Å². The van der Waals surface area contributed by atoms with E-state index < -0.39 is 19.7 Å². The number of H-pyrrole nitrogens is 1. The van der Waals surface area contributed by atoms with Crippen LogP contribution < -0.4 is 0 Å². The van der Waals surface area contributed by atoms with E-state index in [0.717, 1.165) is 0 Å². The van der Waals surface area contributed by atoms with E-state index in [1.165, 1.54) is 6.33 Å². The molecular formula is C5H10ClN3O4P+. The Morgan fingerprint density at radius 1 is 1.64 bits per heavy atom. The lowest BCUT2D eigenvalue weighted by Gasteiger charge is -2.07. The second-order valence-corrected chi connectivity index (χ2v) is 3.24. The number of rotatable bonds is 2. The van der Waals surface area contributed by atoms with Crippen molar-refractivity contribution in [3.63, 3.8) is 0 Å². The van der Waals surface area contributed by atoms with Crippen molar-refractivity contribution in [2.45, 2.75) is 18.4 Å². The van der Waals surface area contributed by atoms with Gasteiger partial charge in [-0.05, 0) is 6.92 Å². The molecule has 0 fully saturated rings. The minimum atomic E-state index is -2.87. The molecule has 1 aromatic rings. The molecule has 0 saturated heterocycles. The Hall–Kier alpha value is -0.590. The topological polar surface area (TPSA) is 119 Å². The molecule has 0 saturated carbocycles. The van der Waals surface area contributed by atoms with Crippen LogP contribution in [-0.2, 0) is 4.57 Å². The first kappa shape index (κ1) is 13.4. The number of aliphatic hydroxyl groups is 1. The molecule has 1 rings (SSSR count). The number of hydrogen-bond acceptors (Lipinski definition) is 4. The van der Waals surface area contributed by atoms with Crippen molar-refractivity contribution in [3.05, 3.63) is 12.2 Å². The van der Waals surface area contributed by atoms with Crippen molar-refractivity contribution in [1.29, 1.82) is 0 Å². The molecule has 0 bridgehead atoms. The molecule has 7 nitrogen and oxygen atoms in total. The second kappa shape index (κ2) is 6.80. The zero-order valence-corrected chi connectivity index (χ0v) is 8.85. The number of alkyl halides is 1. The second-order valence-electron chi connectivity index (χ2n) is 2.27. The van der Waals surface area contributed by atoms with Gasteiger partial charge in [0.1, 0.15) is 17.5 Å². The SMILES string of the molecule is CC(O)C(Cl)c1ncn[nH]1.O=[P+](O)O. The third-order valence-corrected chi connectivity index (χ3v) is 1.69. The van der Waals surface area contributed by atoms with Crippen LogP contribution in [0.2, 0.25) is 0 Å². The monoisotopic (exact) mass is 242 g/mol. The van der Waals surface area contributed by atoms with Gasteiger partial charge in [-0.15, -0.1) is 21.4 Å². The molecule has 0 aliphatic rings. The third-order valence-electron chi connectivity index (χ3n) is 1.12. The van der Waals surface area contributed by atoms with Crippen LogP contribution >= 0.6 is 19.9 Å². The summed E-state index contributed by atoms with van der Waals surface area (Å²) in [7, 11) is -2.87. The maximum atomic E-state index is 8.97. The summed E-state index contributed by atoms with van der Waals surface area (Å²) >= 11 is 5.70. The zero-order valence-electron chi connectivity index (χ0n) is 7.20. The van der Waals surface area contributed by atoms with Crippen LogP contribution in [0.15, 0.2) is 6.33 Å². The average Bonchev–Trinajstić information content (AvgIpc) is 2.53. The summed E-state index contributed by atoms with van der Waals surface area (Å²) < 4.78 is 8.70. The predicted molar refractivity (Wildman–Crippen MR) is 48.7 cm³/mol. The smallest absolute Gasteiger partial charge is 0.391 e. The quantitative estimate of drug-likeness (QED) is 0.431. The highest BCUT2D eigenvalue weighted by Crippen LogP contribution is 2.18. The van der Waals surface area contributed by atoms with E-state index in [-0.39, 0.29) is 0 Å². The van der Waals surface area contributed by atoms with Crippen molar-refractivity contribution in [3.8, 4) is 0 Å². The molecule has 2 atom stereocenters. The van der Waals surface area contributed by atoms with E-state index in [9.17, 15) is 0 Å². The number of halogens is 1. The summed E-state index contributed by atoms with van der Waals surface area (Å²) in [4.78, 5) is 18.0. The lowest BCUT2D eigenvalue weighted by Crippen LogP contribution is -2.10. The fourth-order valence-electron chi connectivity index (χ4n) is 0.576. The van der Waals surface area contributed by atoms with Gasteiger partial charge < -0.3 is 5.11 Å². The Morgan fingerprint density at radius 3 is 2.43 bits per heavy atom. The molecule has 9 heteroatoms. The lowest BCUT2D eigenvalue weighted by atomic mass is 10.3. The van der Waals surface area contributed by atoms with E-state index in [4.69, 9.17) is 31.1 Å². The number of hydrogen-bond donors (Lipinski definition) is 4. The van der Waals surface area contributed by atoms with Crippen molar-refractivity contribution < 1.29 is 19.5 Å². The molecule has 0 aromatic carbocycles. The molecule has 4 N–H and O–H groups in total. The van der Waals surface area contributed by atoms with E-state index in [1.807, 2.05) is 0 Å². The summed E-state index contributed by atoms with van der Waals surface area (Å²) in [5.74, 6) is 0.497. The van der Waals surface area contributed by atoms with Crippen LogP contribution in [0.5, 0.6) is 0 Å². The first-order valence-corrected chi connectivity index (χ1v) is 5.07. The summed E-state index contributed by atoms with van der Waals surface area (Å²) in [6, 6.07) is 0. The Kier molecular flexibility index (Phi) is 6.52. The standard InChI is InChI=1S/C5H8ClN3O.HO3P/c1-3(10)4(6)5-7-2-8-9-5;1-4(2)3/h2-4,10H,1H3,(H,7,8,9);(H-,1,2,3)/p+1. The number of nitrogens with zero attached hydrogens (tertiary/aromatic N) is 2. The number of nitrogens with one attached hydrogen (secondary N) is 1. The fourth-order valence-corrected chi connectivity index (χ4v) is 0.681. The molecule has 2 unspecified atom stereocenters. The van der Waals surface area contributed by atoms with Gasteiger partial charge in [-0.3, -0.25) is 5.10 Å². The fraction of sp³-hybridized carbons (Fsp3) is 0.600. The Morgan fingerprint density at radius 2 is 2.14 bits per heavy atom. The minimum absolute atomic E-state index is 0.497. The normalized spacial score (nSPS) is 13.8. The molecule has 1 heterocycles. The first-order chi connectivity index (χ1) is 6.45. The van der Waals surface area contributed by atoms with Gasteiger partial charge in [0.25, 0.3) is 0 Å². The van der Waals surface area contributed by atoms with Crippen LogP contribution in [0.3, 0.4) is 0 Å². The van der Waals surface area contributed by atoms with Crippen LogP contribution in [0.25, 0.3) is 0 Å². The molecule has 0 radical (unpaired) electrons. The minimum Gasteiger partial charge on any atom is -0.391 e. The number of aliphatic hydroxyl groups excluding tert-OH is 1. The number of aromatic amines is 1. The highest BCUT2D eigenvalue weighted by Gasteiger charge is 2.15. The maximum absolute atomic E-state index is 8.97. The Labute approximate surface area is 85.7 Å². The van der Waals surface area contributed by atoms with E-state index in [0.29, 0.717) is 5.82 Å². The molecular weight excluding hydrogens is 232 g/mol. The van der Waals surface area contributed by atoms with Crippen LogP contribution in [0, 0.1) is 0 Å². The third kappa shape index (κ3) is 5.95. The van der Waals surface area contributed by atoms with Gasteiger partial charge in [0.15, 0.2) is 0 Å². The molecule has 0 aliphatic carbocycles. The summed E-state index contributed by atoms with van der Waals surface area (Å²) in [6.45, 7) is 1.60. The summed E-state index contributed by atoms with van der Waals surface area (Å²) in [5.41, 5.74) is 0. The maximum Gasteiger partial charge on any atom is 0.692 e. The van der Waals surface area contributed by atoms with Crippen molar-refractivity contribution in [2.75, 3.05) is 0 Å². The highest BCUT2D eigenvalue weighted by atomic mass is 35.5. The predicted octanol–water partition coefficient (Wildman–Crippen LogP) is 0.0938. The Bertz CT molecular complexity index is 264. The van der Waals surface area contributed by atoms with Gasteiger partial charge in [-0.25, -0.2) is 4.98 Å². The molecule has 14 heavy (non-hydrogen) atoms. The molecule has 0 amide bonds. The molecule has 1 aromatic heterocycles. The van der Waals surface area contributed by atoms with E-state index in [1.54, 1.807) is 6.92 Å². The lowest BCUT2D eigenvalue weighted by molar-refractivity contribution is 0.187. The van der Waals surface area contributed by atoms with Crippen molar-refractivity contribution in [2.24, 2.45) is 0 Å². The largest absolute Gasteiger partial charge is 0.692 e. The van der Waals surface area contributed by atoms with Gasteiger partial charge in [-0.1, -0.05) is 0 Å². The Balaban J connectivity index is 0.000000364. The van der Waals surface area contributed by atoms with Gasteiger partial charge in [0.05, 0.1) is 6.10 Å². The highest BCUT2D eigenvalue weighted by molar-refractivity contribution is 7.30. The number of aromatic nitrogens is 3. The molecule has 0 spiro atoms. The molecule has 80 valence electrons. The van der Waals surface area contributed by atoms with Gasteiger partial charge in [0, 0.05) is 4.57 Å². The van der Waals surface area contributed by atoms with Gasteiger partial charge in [0.2, 0.25) is 0 Å². The van der Waals surface area contributed by atoms with Gasteiger partial charge in [-0.2, -0.15) is 5.10 Å². The summed E-state index contributed by atoms with van der Waals surface area (Å²) in [6.07, 6.45) is 0.738. The average molecular weight is 243 g/mol. The summed E-state index contributed by atoms with van der Waals surface area (Å²) in [5, 5.41) is 14.6.